The van der Waals surface area contributed by atoms with Crippen LogP contribution in [0.2, 0.25) is 0 Å². The third-order valence-electron chi connectivity index (χ3n) is 8.09. The maximum atomic E-state index is 14.2. The number of anilines is 1. The second kappa shape index (κ2) is 14.6. The van der Waals surface area contributed by atoms with Crippen LogP contribution in [0, 0.1) is 13.8 Å². The highest BCUT2D eigenvalue weighted by atomic mass is 32.2. The van der Waals surface area contributed by atoms with E-state index in [1.807, 2.05) is 50.2 Å². The van der Waals surface area contributed by atoms with Crippen molar-refractivity contribution in [3.05, 3.63) is 89.5 Å². The van der Waals surface area contributed by atoms with Crippen molar-refractivity contribution in [1.29, 1.82) is 0 Å². The van der Waals surface area contributed by atoms with Gasteiger partial charge >= 0.3 is 0 Å². The number of rotatable bonds is 12. The van der Waals surface area contributed by atoms with Gasteiger partial charge in [-0.2, -0.15) is 0 Å². The summed E-state index contributed by atoms with van der Waals surface area (Å²) in [6, 6.07) is 20.8. The summed E-state index contributed by atoms with van der Waals surface area (Å²) in [7, 11) is -2.71. The van der Waals surface area contributed by atoms with Crippen LogP contribution in [-0.2, 0) is 26.0 Å². The third kappa shape index (κ3) is 8.16. The van der Waals surface area contributed by atoms with E-state index < -0.39 is 28.5 Å². The van der Waals surface area contributed by atoms with E-state index in [-0.39, 0.29) is 29.1 Å². The van der Waals surface area contributed by atoms with E-state index in [9.17, 15) is 18.0 Å². The van der Waals surface area contributed by atoms with Crippen molar-refractivity contribution in [1.82, 2.24) is 10.2 Å². The average molecular weight is 606 g/mol. The largest absolute Gasteiger partial charge is 0.495 e. The van der Waals surface area contributed by atoms with Crippen molar-refractivity contribution in [2.45, 2.75) is 76.3 Å². The molecule has 0 aliphatic heterocycles. The van der Waals surface area contributed by atoms with Crippen molar-refractivity contribution < 1.29 is 22.7 Å². The molecule has 0 saturated heterocycles. The normalized spacial score (nSPS) is 14.5. The van der Waals surface area contributed by atoms with Crippen LogP contribution >= 0.6 is 0 Å². The molecule has 3 aromatic carbocycles. The second-order valence-corrected chi connectivity index (χ2v) is 13.2. The summed E-state index contributed by atoms with van der Waals surface area (Å²) in [5, 5.41) is 3.14. The summed E-state index contributed by atoms with van der Waals surface area (Å²) in [5.74, 6) is -0.371. The number of aryl methyl sites for hydroxylation is 2. The fourth-order valence-corrected chi connectivity index (χ4v) is 6.90. The summed E-state index contributed by atoms with van der Waals surface area (Å²) in [6.45, 7) is 5.21. The number of nitrogens with zero attached hydrogens (tertiary/aromatic N) is 2. The van der Waals surface area contributed by atoms with Crippen LogP contribution in [0.5, 0.6) is 5.75 Å². The zero-order valence-corrected chi connectivity index (χ0v) is 26.4. The fourth-order valence-electron chi connectivity index (χ4n) is 5.48. The van der Waals surface area contributed by atoms with Crippen molar-refractivity contribution in [3.63, 3.8) is 0 Å². The van der Waals surface area contributed by atoms with E-state index in [0.29, 0.717) is 12.2 Å². The lowest BCUT2D eigenvalue weighted by Crippen LogP contribution is -2.53. The van der Waals surface area contributed by atoms with Crippen LogP contribution in [0.1, 0.15) is 55.7 Å². The molecule has 1 aliphatic carbocycles. The molecule has 9 heteroatoms. The first-order valence-corrected chi connectivity index (χ1v) is 16.4. The predicted octanol–water partition coefficient (Wildman–Crippen LogP) is 5.42. The molecule has 0 unspecified atom stereocenters. The molecule has 230 valence electrons. The maximum absolute atomic E-state index is 14.2. The van der Waals surface area contributed by atoms with Gasteiger partial charge in [0.15, 0.2) is 0 Å². The van der Waals surface area contributed by atoms with E-state index in [2.05, 4.69) is 5.32 Å². The first-order valence-electron chi connectivity index (χ1n) is 15.0. The number of benzene rings is 3. The Morgan fingerprint density at radius 3 is 2.23 bits per heavy atom. The number of hydrogen-bond donors (Lipinski definition) is 1. The van der Waals surface area contributed by atoms with Gasteiger partial charge in [0.05, 0.1) is 17.7 Å². The van der Waals surface area contributed by atoms with E-state index in [0.717, 1.165) is 53.1 Å². The van der Waals surface area contributed by atoms with Crippen LogP contribution in [0.3, 0.4) is 0 Å². The molecule has 8 nitrogen and oxygen atoms in total. The number of carbonyl (C=O) groups excluding carboxylic acids is 2. The molecule has 0 spiro atoms. The summed E-state index contributed by atoms with van der Waals surface area (Å²) in [6.07, 6.45) is 5.67. The Morgan fingerprint density at radius 2 is 1.58 bits per heavy atom. The van der Waals surface area contributed by atoms with Crippen molar-refractivity contribution in [2.24, 2.45) is 0 Å². The minimum Gasteiger partial charge on any atom is -0.495 e. The highest BCUT2D eigenvalue weighted by Crippen LogP contribution is 2.34. The highest BCUT2D eigenvalue weighted by Gasteiger charge is 2.34. The molecule has 43 heavy (non-hydrogen) atoms. The fraction of sp³-hybridized carbons (Fsp3) is 0.412. The molecule has 0 aromatic heterocycles. The molecule has 1 fully saturated rings. The van der Waals surface area contributed by atoms with Gasteiger partial charge in [0, 0.05) is 12.6 Å². The SMILES string of the molecule is COc1ccc(C)cc1N(CC(=O)N(CCc1ccccc1)[C@H](C)C(=O)NC1CCCCC1)S(=O)(=O)c1ccc(C)cc1. The molecule has 2 amide bonds. The van der Waals surface area contributed by atoms with Crippen LogP contribution < -0.4 is 14.4 Å². The number of methoxy groups -OCH3 is 1. The Balaban J connectivity index is 1.69. The average Bonchev–Trinajstić information content (AvgIpc) is 3.01. The van der Waals surface area contributed by atoms with Crippen molar-refractivity contribution in [3.8, 4) is 5.75 Å². The van der Waals surface area contributed by atoms with Gasteiger partial charge in [-0.25, -0.2) is 8.42 Å². The van der Waals surface area contributed by atoms with Gasteiger partial charge in [-0.05, 0) is 75.4 Å². The number of ether oxygens (including phenoxy) is 1. The lowest BCUT2D eigenvalue weighted by atomic mass is 9.95. The molecule has 1 N–H and O–H groups in total. The van der Waals surface area contributed by atoms with Crippen LogP contribution in [0.4, 0.5) is 5.69 Å². The van der Waals surface area contributed by atoms with E-state index in [1.54, 1.807) is 31.2 Å². The molecular weight excluding hydrogens is 562 g/mol. The van der Waals surface area contributed by atoms with Gasteiger partial charge in [-0.3, -0.25) is 13.9 Å². The molecular formula is C34H43N3O5S. The van der Waals surface area contributed by atoms with Crippen molar-refractivity contribution >= 4 is 27.5 Å². The smallest absolute Gasteiger partial charge is 0.264 e. The molecule has 4 rings (SSSR count). The molecule has 0 heterocycles. The van der Waals surface area contributed by atoms with Gasteiger partial charge in [-0.1, -0.05) is 73.4 Å². The van der Waals surface area contributed by atoms with Gasteiger partial charge in [-0.15, -0.1) is 0 Å². The number of carbonyl (C=O) groups is 2. The quantitative estimate of drug-likeness (QED) is 0.298. The molecule has 1 atom stereocenters. The zero-order valence-electron chi connectivity index (χ0n) is 25.6. The lowest BCUT2D eigenvalue weighted by molar-refractivity contribution is -0.139. The molecule has 0 radical (unpaired) electrons. The summed E-state index contributed by atoms with van der Waals surface area (Å²) in [5.41, 5.74) is 3.01. The standard InChI is InChI=1S/C34H43N3O5S/c1-25-15-18-30(19-16-25)43(40,41)37(31-23-26(2)17-20-32(31)42-4)24-33(38)36(22-21-28-11-7-5-8-12-28)27(3)34(39)35-29-13-9-6-10-14-29/h5,7-8,11-12,15-20,23,27,29H,6,9-10,13-14,21-22,24H2,1-4H3,(H,35,39)/t27-/m1/s1. The van der Waals surface area contributed by atoms with Crippen LogP contribution in [0.25, 0.3) is 0 Å². The topological polar surface area (TPSA) is 96.0 Å². The summed E-state index contributed by atoms with van der Waals surface area (Å²) in [4.78, 5) is 29.2. The Bertz CT molecular complexity index is 1490. The van der Waals surface area contributed by atoms with Gasteiger partial charge in [0.2, 0.25) is 11.8 Å². The number of nitrogens with one attached hydrogen (secondary N) is 1. The number of sulfonamides is 1. The number of amides is 2. The second-order valence-electron chi connectivity index (χ2n) is 11.3. The van der Waals surface area contributed by atoms with Crippen LogP contribution in [0.15, 0.2) is 77.7 Å². The first-order chi connectivity index (χ1) is 20.6. The predicted molar refractivity (Wildman–Crippen MR) is 170 cm³/mol. The van der Waals surface area contributed by atoms with Crippen molar-refractivity contribution in [2.75, 3.05) is 24.5 Å². The Hall–Kier alpha value is -3.85. The van der Waals surface area contributed by atoms with Gasteiger partial charge in [0.25, 0.3) is 10.0 Å². The summed E-state index contributed by atoms with van der Waals surface area (Å²) >= 11 is 0. The minimum atomic E-state index is -4.18. The Morgan fingerprint density at radius 1 is 0.930 bits per heavy atom. The minimum absolute atomic E-state index is 0.0633. The zero-order chi connectivity index (χ0) is 31.0. The molecule has 3 aromatic rings. The lowest BCUT2D eigenvalue weighted by Gasteiger charge is -2.33. The monoisotopic (exact) mass is 605 g/mol. The highest BCUT2D eigenvalue weighted by molar-refractivity contribution is 7.92. The molecule has 1 aliphatic rings. The van der Waals surface area contributed by atoms with Gasteiger partial charge < -0.3 is 15.0 Å². The third-order valence-corrected chi connectivity index (χ3v) is 9.87. The van der Waals surface area contributed by atoms with E-state index in [4.69, 9.17) is 4.74 Å². The molecule has 1 saturated carbocycles. The van der Waals surface area contributed by atoms with Crippen LogP contribution in [-0.4, -0.2) is 57.4 Å². The Labute approximate surface area is 256 Å². The Kier molecular flexibility index (Phi) is 10.9. The first kappa shape index (κ1) is 32.1. The van der Waals surface area contributed by atoms with E-state index >= 15 is 0 Å². The molecule has 0 bridgehead atoms. The maximum Gasteiger partial charge on any atom is 0.264 e. The summed E-state index contributed by atoms with van der Waals surface area (Å²) < 4.78 is 35.0. The number of hydrogen-bond acceptors (Lipinski definition) is 5. The van der Waals surface area contributed by atoms with Gasteiger partial charge in [0.1, 0.15) is 18.3 Å². The van der Waals surface area contributed by atoms with E-state index in [1.165, 1.54) is 24.1 Å².